The Morgan fingerprint density at radius 1 is 1.11 bits per heavy atom. The van der Waals surface area contributed by atoms with Gasteiger partial charge in [-0.25, -0.2) is 8.42 Å². The van der Waals surface area contributed by atoms with Crippen LogP contribution in [0.15, 0.2) is 58.3 Å². The number of ether oxygens (including phenoxy) is 1. The van der Waals surface area contributed by atoms with E-state index in [4.69, 9.17) is 4.74 Å². The molecule has 1 saturated heterocycles. The zero-order valence-corrected chi connectivity index (χ0v) is 17.4. The van der Waals surface area contributed by atoms with Crippen LogP contribution in [0, 0.1) is 0 Å². The first-order chi connectivity index (χ1) is 13.5. The van der Waals surface area contributed by atoms with Crippen molar-refractivity contribution in [3.63, 3.8) is 0 Å². The minimum absolute atomic E-state index is 0.138. The number of carbonyl (C=O) groups excluding carboxylic acids is 1. The van der Waals surface area contributed by atoms with Crippen molar-refractivity contribution in [1.29, 1.82) is 0 Å². The molecule has 2 aromatic carbocycles. The minimum Gasteiger partial charge on any atom is -0.492 e. The SMILES string of the molecule is CSc1ccccc1C(=O)NCCOc1ccc(S(=O)(=O)N2CCCC2)cc1. The molecule has 1 N–H and O–H groups in total. The first kappa shape index (κ1) is 20.7. The zero-order chi connectivity index (χ0) is 20.0. The lowest BCUT2D eigenvalue weighted by Gasteiger charge is -2.15. The largest absolute Gasteiger partial charge is 0.492 e. The summed E-state index contributed by atoms with van der Waals surface area (Å²) in [4.78, 5) is 13.5. The van der Waals surface area contributed by atoms with Gasteiger partial charge in [0, 0.05) is 18.0 Å². The molecule has 1 aliphatic rings. The maximum Gasteiger partial charge on any atom is 0.252 e. The Morgan fingerprint density at radius 3 is 2.46 bits per heavy atom. The molecule has 0 aromatic heterocycles. The van der Waals surface area contributed by atoms with Crippen LogP contribution in [-0.4, -0.2) is 51.1 Å². The summed E-state index contributed by atoms with van der Waals surface area (Å²) in [6, 6.07) is 13.9. The predicted octanol–water partition coefficient (Wildman–Crippen LogP) is 3.00. The molecule has 1 fully saturated rings. The molecule has 0 aliphatic carbocycles. The van der Waals surface area contributed by atoms with E-state index in [-0.39, 0.29) is 10.8 Å². The molecular weight excluding hydrogens is 396 g/mol. The molecule has 1 aliphatic heterocycles. The third-order valence-electron chi connectivity index (χ3n) is 4.53. The van der Waals surface area contributed by atoms with E-state index in [1.54, 1.807) is 30.3 Å². The first-order valence-electron chi connectivity index (χ1n) is 9.16. The van der Waals surface area contributed by atoms with Crippen molar-refractivity contribution in [3.8, 4) is 5.75 Å². The Kier molecular flexibility index (Phi) is 6.98. The van der Waals surface area contributed by atoms with Crippen molar-refractivity contribution in [3.05, 3.63) is 54.1 Å². The molecule has 0 atom stereocenters. The second-order valence-electron chi connectivity index (χ2n) is 6.39. The summed E-state index contributed by atoms with van der Waals surface area (Å²) in [6.07, 6.45) is 3.75. The summed E-state index contributed by atoms with van der Waals surface area (Å²) in [7, 11) is -3.41. The van der Waals surface area contributed by atoms with Crippen LogP contribution in [0.25, 0.3) is 0 Å². The molecule has 0 spiro atoms. The van der Waals surface area contributed by atoms with Crippen LogP contribution in [0.1, 0.15) is 23.2 Å². The van der Waals surface area contributed by atoms with E-state index in [0.717, 1.165) is 17.7 Å². The van der Waals surface area contributed by atoms with Gasteiger partial charge in [0.2, 0.25) is 10.0 Å². The van der Waals surface area contributed by atoms with Crippen LogP contribution < -0.4 is 10.1 Å². The molecule has 150 valence electrons. The van der Waals surface area contributed by atoms with Crippen molar-refractivity contribution < 1.29 is 17.9 Å². The number of thioether (sulfide) groups is 1. The van der Waals surface area contributed by atoms with Crippen LogP contribution >= 0.6 is 11.8 Å². The fraction of sp³-hybridized carbons (Fsp3) is 0.350. The van der Waals surface area contributed by atoms with Gasteiger partial charge in [-0.3, -0.25) is 4.79 Å². The number of nitrogens with zero attached hydrogens (tertiary/aromatic N) is 1. The molecule has 2 aromatic rings. The summed E-state index contributed by atoms with van der Waals surface area (Å²) < 4.78 is 32.1. The fourth-order valence-corrected chi connectivity index (χ4v) is 5.16. The lowest BCUT2D eigenvalue weighted by atomic mass is 10.2. The maximum absolute atomic E-state index is 12.5. The minimum atomic E-state index is -3.41. The summed E-state index contributed by atoms with van der Waals surface area (Å²) in [5, 5.41) is 2.84. The maximum atomic E-state index is 12.5. The number of amides is 1. The molecule has 6 nitrogen and oxygen atoms in total. The standard InChI is InChI=1S/C20H24N2O4S2/c1-27-19-7-3-2-6-18(19)20(23)21-12-15-26-16-8-10-17(11-9-16)28(24,25)22-13-4-5-14-22/h2-3,6-11H,4-5,12-15H2,1H3,(H,21,23). The van der Waals surface area contributed by atoms with Crippen molar-refractivity contribution in [2.24, 2.45) is 0 Å². The van der Waals surface area contributed by atoms with Crippen LogP contribution in [-0.2, 0) is 10.0 Å². The zero-order valence-electron chi connectivity index (χ0n) is 15.8. The number of nitrogens with one attached hydrogen (secondary N) is 1. The highest BCUT2D eigenvalue weighted by Crippen LogP contribution is 2.23. The summed E-state index contributed by atoms with van der Waals surface area (Å²) in [5.41, 5.74) is 0.645. The number of rotatable bonds is 8. The summed E-state index contributed by atoms with van der Waals surface area (Å²) in [5.74, 6) is 0.430. The van der Waals surface area contributed by atoms with Gasteiger partial charge in [-0.1, -0.05) is 12.1 Å². The van der Waals surface area contributed by atoms with E-state index < -0.39 is 10.0 Å². The third kappa shape index (κ3) is 4.87. The van der Waals surface area contributed by atoms with Crippen molar-refractivity contribution in [2.75, 3.05) is 32.5 Å². The Hall–Kier alpha value is -2.03. The Balaban J connectivity index is 1.49. The molecule has 1 amide bonds. The van der Waals surface area contributed by atoms with Crippen LogP contribution in [0.5, 0.6) is 5.75 Å². The number of hydrogen-bond donors (Lipinski definition) is 1. The van der Waals surface area contributed by atoms with Crippen molar-refractivity contribution >= 4 is 27.7 Å². The highest BCUT2D eigenvalue weighted by Gasteiger charge is 2.26. The van der Waals surface area contributed by atoms with Gasteiger partial charge in [-0.2, -0.15) is 4.31 Å². The second-order valence-corrected chi connectivity index (χ2v) is 9.17. The molecular formula is C20H24N2O4S2. The predicted molar refractivity (Wildman–Crippen MR) is 110 cm³/mol. The normalized spacial score (nSPS) is 14.8. The number of carbonyl (C=O) groups is 1. The molecule has 1 heterocycles. The van der Waals surface area contributed by atoms with Gasteiger partial charge in [0.15, 0.2) is 0 Å². The van der Waals surface area contributed by atoms with Crippen LogP contribution in [0.2, 0.25) is 0 Å². The van der Waals surface area contributed by atoms with Gasteiger partial charge in [0.05, 0.1) is 17.0 Å². The highest BCUT2D eigenvalue weighted by atomic mass is 32.2. The smallest absolute Gasteiger partial charge is 0.252 e. The van der Waals surface area contributed by atoms with Gasteiger partial charge in [0.1, 0.15) is 12.4 Å². The van der Waals surface area contributed by atoms with Gasteiger partial charge in [-0.05, 0) is 55.5 Å². The van der Waals surface area contributed by atoms with Crippen LogP contribution in [0.3, 0.4) is 0 Å². The number of hydrogen-bond acceptors (Lipinski definition) is 5. The summed E-state index contributed by atoms with van der Waals surface area (Å²) >= 11 is 1.53. The first-order valence-corrected chi connectivity index (χ1v) is 11.8. The van der Waals surface area contributed by atoms with Crippen molar-refractivity contribution in [2.45, 2.75) is 22.6 Å². The third-order valence-corrected chi connectivity index (χ3v) is 7.24. The van der Waals surface area contributed by atoms with E-state index in [2.05, 4.69) is 5.32 Å². The second kappa shape index (κ2) is 9.45. The van der Waals surface area contributed by atoms with E-state index in [1.807, 2.05) is 24.5 Å². The van der Waals surface area contributed by atoms with Gasteiger partial charge < -0.3 is 10.1 Å². The Labute approximate surface area is 170 Å². The molecule has 0 bridgehead atoms. The van der Waals surface area contributed by atoms with E-state index in [0.29, 0.717) is 37.6 Å². The molecule has 0 unspecified atom stereocenters. The molecule has 8 heteroatoms. The van der Waals surface area contributed by atoms with Crippen LogP contribution in [0.4, 0.5) is 0 Å². The molecule has 28 heavy (non-hydrogen) atoms. The summed E-state index contributed by atoms with van der Waals surface area (Å²) in [6.45, 7) is 1.82. The molecule has 0 saturated carbocycles. The van der Waals surface area contributed by atoms with Gasteiger partial charge in [-0.15, -0.1) is 11.8 Å². The molecule has 3 rings (SSSR count). The fourth-order valence-electron chi connectivity index (χ4n) is 3.05. The van der Waals surface area contributed by atoms with Crippen molar-refractivity contribution in [1.82, 2.24) is 9.62 Å². The van der Waals surface area contributed by atoms with E-state index in [9.17, 15) is 13.2 Å². The average Bonchev–Trinajstić information content (AvgIpc) is 3.27. The van der Waals surface area contributed by atoms with Gasteiger partial charge in [0.25, 0.3) is 5.91 Å². The highest BCUT2D eigenvalue weighted by molar-refractivity contribution is 7.98. The number of benzene rings is 2. The van der Waals surface area contributed by atoms with E-state index >= 15 is 0 Å². The lowest BCUT2D eigenvalue weighted by Crippen LogP contribution is -2.28. The molecule has 0 radical (unpaired) electrons. The number of sulfonamides is 1. The van der Waals surface area contributed by atoms with E-state index in [1.165, 1.54) is 16.1 Å². The average molecular weight is 421 g/mol. The lowest BCUT2D eigenvalue weighted by molar-refractivity contribution is 0.0944. The topological polar surface area (TPSA) is 75.7 Å². The quantitative estimate of drug-likeness (QED) is 0.525. The Bertz CT molecular complexity index is 908. The Morgan fingerprint density at radius 2 is 1.79 bits per heavy atom. The van der Waals surface area contributed by atoms with Gasteiger partial charge >= 0.3 is 0 Å². The monoisotopic (exact) mass is 420 g/mol.